The van der Waals surface area contributed by atoms with E-state index in [1.54, 1.807) is 23.1 Å². The molecule has 0 saturated carbocycles. The molecular formula is C22H30N4O4. The number of carbonyl (C=O) groups excluding carboxylic acids is 1. The summed E-state index contributed by atoms with van der Waals surface area (Å²) in [7, 11) is 0. The van der Waals surface area contributed by atoms with Crippen LogP contribution in [-0.4, -0.2) is 51.4 Å². The number of likely N-dealkylation sites (tertiary alicyclic amines) is 1. The van der Waals surface area contributed by atoms with Crippen LogP contribution in [0.15, 0.2) is 24.3 Å². The van der Waals surface area contributed by atoms with Gasteiger partial charge in [0.2, 0.25) is 5.95 Å². The Labute approximate surface area is 177 Å². The Morgan fingerprint density at radius 1 is 1.33 bits per heavy atom. The molecule has 1 atom stereocenters. The standard InChI is InChI=1S/C22H30N4O4/c1-5-29-18-10-6-9-17(27)19(18)16-12-15(24-20(23)25-16)14-8-7-11-26(13-14)21(28)30-22(2,3)4/h6,9-10,12,14,27H,5,7-8,11,13H2,1-4H3,(H2,23,24,25). The quantitative estimate of drug-likeness (QED) is 0.779. The Morgan fingerprint density at radius 2 is 2.10 bits per heavy atom. The van der Waals surface area contributed by atoms with E-state index in [4.69, 9.17) is 15.2 Å². The summed E-state index contributed by atoms with van der Waals surface area (Å²) < 4.78 is 11.2. The molecule has 1 saturated heterocycles. The molecule has 0 bridgehead atoms. The van der Waals surface area contributed by atoms with Crippen molar-refractivity contribution < 1.29 is 19.4 Å². The number of anilines is 1. The summed E-state index contributed by atoms with van der Waals surface area (Å²) in [5.74, 6) is 0.698. The maximum Gasteiger partial charge on any atom is 0.410 e. The van der Waals surface area contributed by atoms with Crippen molar-refractivity contribution in [2.75, 3.05) is 25.4 Å². The van der Waals surface area contributed by atoms with Gasteiger partial charge in [-0.25, -0.2) is 14.8 Å². The summed E-state index contributed by atoms with van der Waals surface area (Å²) in [5, 5.41) is 10.4. The van der Waals surface area contributed by atoms with E-state index in [1.807, 2.05) is 33.8 Å². The zero-order chi connectivity index (χ0) is 21.9. The lowest BCUT2D eigenvalue weighted by molar-refractivity contribution is 0.0197. The van der Waals surface area contributed by atoms with Crippen LogP contribution in [0.4, 0.5) is 10.7 Å². The molecule has 8 heteroatoms. The molecule has 0 spiro atoms. The van der Waals surface area contributed by atoms with Crippen molar-refractivity contribution in [2.45, 2.75) is 52.1 Å². The first-order chi connectivity index (χ1) is 14.2. The monoisotopic (exact) mass is 414 g/mol. The molecule has 1 aliphatic heterocycles. The fraction of sp³-hybridized carbons (Fsp3) is 0.500. The topological polar surface area (TPSA) is 111 Å². The van der Waals surface area contributed by atoms with E-state index >= 15 is 0 Å². The number of hydrogen-bond acceptors (Lipinski definition) is 7. The van der Waals surface area contributed by atoms with Crippen LogP contribution in [0.2, 0.25) is 0 Å². The van der Waals surface area contributed by atoms with E-state index in [9.17, 15) is 9.90 Å². The number of benzene rings is 1. The van der Waals surface area contributed by atoms with E-state index in [0.29, 0.717) is 36.7 Å². The Hall–Kier alpha value is -3.03. The molecule has 1 aromatic heterocycles. The second-order valence-corrected chi connectivity index (χ2v) is 8.39. The number of rotatable bonds is 4. The van der Waals surface area contributed by atoms with Gasteiger partial charge in [0.05, 0.1) is 23.6 Å². The van der Waals surface area contributed by atoms with Gasteiger partial charge in [-0.3, -0.25) is 0 Å². The highest BCUT2D eigenvalue weighted by Gasteiger charge is 2.29. The molecule has 162 valence electrons. The Balaban J connectivity index is 1.90. The van der Waals surface area contributed by atoms with Crippen LogP contribution in [0.3, 0.4) is 0 Å². The van der Waals surface area contributed by atoms with Gasteiger partial charge >= 0.3 is 6.09 Å². The third-order valence-corrected chi connectivity index (χ3v) is 4.81. The summed E-state index contributed by atoms with van der Waals surface area (Å²) in [6, 6.07) is 6.90. The van der Waals surface area contributed by atoms with Crippen LogP contribution in [-0.2, 0) is 4.74 Å². The lowest BCUT2D eigenvalue weighted by atomic mass is 9.93. The lowest BCUT2D eigenvalue weighted by Gasteiger charge is -2.34. The van der Waals surface area contributed by atoms with E-state index in [1.165, 1.54) is 0 Å². The molecule has 1 unspecified atom stereocenters. The number of aromatic hydroxyl groups is 1. The van der Waals surface area contributed by atoms with Crippen molar-refractivity contribution in [1.82, 2.24) is 14.9 Å². The molecule has 0 aliphatic carbocycles. The first-order valence-corrected chi connectivity index (χ1v) is 10.3. The van der Waals surface area contributed by atoms with Gasteiger partial charge in [-0.15, -0.1) is 0 Å². The molecule has 30 heavy (non-hydrogen) atoms. The van der Waals surface area contributed by atoms with Gasteiger partial charge in [0, 0.05) is 19.0 Å². The smallest absolute Gasteiger partial charge is 0.410 e. The van der Waals surface area contributed by atoms with Gasteiger partial charge < -0.3 is 25.2 Å². The number of nitrogens with zero attached hydrogens (tertiary/aromatic N) is 3. The van der Waals surface area contributed by atoms with Crippen LogP contribution in [0.1, 0.15) is 52.1 Å². The lowest BCUT2D eigenvalue weighted by Crippen LogP contribution is -2.42. The SMILES string of the molecule is CCOc1cccc(O)c1-c1cc(C2CCCN(C(=O)OC(C)(C)C)C2)nc(N)n1. The maximum absolute atomic E-state index is 12.5. The fourth-order valence-electron chi connectivity index (χ4n) is 3.59. The zero-order valence-electron chi connectivity index (χ0n) is 18.0. The molecule has 3 rings (SSSR count). The van der Waals surface area contributed by atoms with E-state index in [-0.39, 0.29) is 23.7 Å². The van der Waals surface area contributed by atoms with E-state index < -0.39 is 5.60 Å². The Kier molecular flexibility index (Phi) is 6.34. The molecule has 2 aromatic rings. The number of hydrogen-bond donors (Lipinski definition) is 2. The van der Waals surface area contributed by atoms with Crippen LogP contribution < -0.4 is 10.5 Å². The minimum atomic E-state index is -0.545. The van der Waals surface area contributed by atoms with Crippen molar-refractivity contribution in [2.24, 2.45) is 0 Å². The highest BCUT2D eigenvalue weighted by Crippen LogP contribution is 2.38. The summed E-state index contributed by atoms with van der Waals surface area (Å²) in [6.07, 6.45) is 1.38. The largest absolute Gasteiger partial charge is 0.507 e. The minimum Gasteiger partial charge on any atom is -0.507 e. The average Bonchev–Trinajstić information content (AvgIpc) is 2.67. The Morgan fingerprint density at radius 3 is 2.80 bits per heavy atom. The average molecular weight is 415 g/mol. The van der Waals surface area contributed by atoms with Crippen molar-refractivity contribution >= 4 is 12.0 Å². The number of amides is 1. The molecule has 0 radical (unpaired) electrons. The minimum absolute atomic E-state index is 0.00304. The van der Waals surface area contributed by atoms with Crippen LogP contribution in [0.25, 0.3) is 11.3 Å². The first-order valence-electron chi connectivity index (χ1n) is 10.3. The van der Waals surface area contributed by atoms with E-state index in [2.05, 4.69) is 9.97 Å². The summed E-state index contributed by atoms with van der Waals surface area (Å²) in [5.41, 5.74) is 7.17. The predicted molar refractivity (Wildman–Crippen MR) is 114 cm³/mol. The van der Waals surface area contributed by atoms with Crippen LogP contribution >= 0.6 is 0 Å². The molecule has 1 fully saturated rings. The number of ether oxygens (including phenoxy) is 2. The van der Waals surface area contributed by atoms with Gasteiger partial charge in [0.1, 0.15) is 17.1 Å². The van der Waals surface area contributed by atoms with Crippen molar-refractivity contribution in [3.8, 4) is 22.8 Å². The number of phenols is 1. The van der Waals surface area contributed by atoms with Gasteiger partial charge in [0.25, 0.3) is 0 Å². The molecule has 2 heterocycles. The van der Waals surface area contributed by atoms with Gasteiger partial charge in [-0.05, 0) is 58.7 Å². The summed E-state index contributed by atoms with van der Waals surface area (Å²) in [6.45, 7) is 9.03. The van der Waals surface area contributed by atoms with Crippen LogP contribution in [0.5, 0.6) is 11.5 Å². The zero-order valence-corrected chi connectivity index (χ0v) is 18.0. The second-order valence-electron chi connectivity index (χ2n) is 8.39. The highest BCUT2D eigenvalue weighted by atomic mass is 16.6. The van der Waals surface area contributed by atoms with E-state index in [0.717, 1.165) is 18.5 Å². The summed E-state index contributed by atoms with van der Waals surface area (Å²) in [4.78, 5) is 23.0. The van der Waals surface area contributed by atoms with Crippen molar-refractivity contribution in [3.05, 3.63) is 30.0 Å². The fourth-order valence-corrected chi connectivity index (χ4v) is 3.59. The number of nitrogens with two attached hydrogens (primary N) is 1. The molecule has 1 aromatic carbocycles. The first kappa shape index (κ1) is 21.7. The van der Waals surface area contributed by atoms with Crippen molar-refractivity contribution in [3.63, 3.8) is 0 Å². The summed E-state index contributed by atoms with van der Waals surface area (Å²) >= 11 is 0. The number of aromatic nitrogens is 2. The van der Waals surface area contributed by atoms with Gasteiger partial charge in [-0.2, -0.15) is 0 Å². The highest BCUT2D eigenvalue weighted by molar-refractivity contribution is 5.74. The maximum atomic E-state index is 12.5. The Bertz CT molecular complexity index is 910. The molecule has 8 nitrogen and oxygen atoms in total. The third-order valence-electron chi connectivity index (χ3n) is 4.81. The molecule has 1 amide bonds. The number of piperidine rings is 1. The third kappa shape index (κ3) is 5.11. The second kappa shape index (κ2) is 8.77. The van der Waals surface area contributed by atoms with Crippen molar-refractivity contribution in [1.29, 1.82) is 0 Å². The number of carbonyl (C=O) groups is 1. The van der Waals surface area contributed by atoms with Gasteiger partial charge in [0.15, 0.2) is 0 Å². The number of phenolic OH excluding ortho intramolecular Hbond substituents is 1. The van der Waals surface area contributed by atoms with Crippen LogP contribution in [0, 0.1) is 0 Å². The predicted octanol–water partition coefficient (Wildman–Crippen LogP) is 3.94. The molecular weight excluding hydrogens is 384 g/mol. The van der Waals surface area contributed by atoms with Gasteiger partial charge in [-0.1, -0.05) is 6.07 Å². The number of nitrogen functional groups attached to an aromatic ring is 1. The normalized spacial score (nSPS) is 16.9. The molecule has 1 aliphatic rings. The molecule has 3 N–H and O–H groups in total.